The van der Waals surface area contributed by atoms with E-state index in [9.17, 15) is 14.4 Å². The van der Waals surface area contributed by atoms with Crippen LogP contribution >= 0.6 is 0 Å². The highest BCUT2D eigenvalue weighted by atomic mass is 16.5. The van der Waals surface area contributed by atoms with Crippen LogP contribution < -0.4 is 5.56 Å². The number of carbonyl (C=O) groups excluding carboxylic acids is 2. The molecule has 4 rings (SSSR count). The Labute approximate surface area is 180 Å². The fourth-order valence-corrected chi connectivity index (χ4v) is 3.90. The van der Waals surface area contributed by atoms with E-state index in [4.69, 9.17) is 4.74 Å². The van der Waals surface area contributed by atoms with Gasteiger partial charge in [0.05, 0.1) is 29.9 Å². The van der Waals surface area contributed by atoms with Crippen molar-refractivity contribution in [3.8, 4) is 0 Å². The SMILES string of the molecule is C=C1CCC(n2cnc3ccc(CC(=O)COCc4ccccc4)cc3c2=O)C(=O)C1. The van der Waals surface area contributed by atoms with Gasteiger partial charge in [0.15, 0.2) is 11.6 Å². The van der Waals surface area contributed by atoms with Gasteiger partial charge in [-0.3, -0.25) is 19.0 Å². The quantitative estimate of drug-likeness (QED) is 0.550. The Kier molecular flexibility index (Phi) is 6.18. The molecule has 1 aliphatic rings. The first-order valence-corrected chi connectivity index (χ1v) is 10.3. The molecule has 0 amide bonds. The Morgan fingerprint density at radius 2 is 1.94 bits per heavy atom. The highest BCUT2D eigenvalue weighted by Gasteiger charge is 2.27. The third-order valence-corrected chi connectivity index (χ3v) is 5.53. The first kappa shape index (κ1) is 20.9. The van der Waals surface area contributed by atoms with Crippen LogP contribution in [0, 0.1) is 0 Å². The summed E-state index contributed by atoms with van der Waals surface area (Å²) < 4.78 is 6.93. The molecule has 1 fully saturated rings. The maximum Gasteiger partial charge on any atom is 0.261 e. The molecule has 1 aliphatic carbocycles. The summed E-state index contributed by atoms with van der Waals surface area (Å²) in [5, 5.41) is 0.412. The van der Waals surface area contributed by atoms with E-state index in [1.807, 2.05) is 30.3 Å². The minimum atomic E-state index is -0.508. The molecule has 0 radical (unpaired) electrons. The van der Waals surface area contributed by atoms with E-state index in [-0.39, 0.29) is 30.2 Å². The van der Waals surface area contributed by atoms with Crippen molar-refractivity contribution in [3.05, 3.63) is 88.5 Å². The Hall–Kier alpha value is -3.38. The Morgan fingerprint density at radius 1 is 1.13 bits per heavy atom. The van der Waals surface area contributed by atoms with Gasteiger partial charge in [-0.05, 0) is 36.1 Å². The molecule has 0 spiro atoms. The van der Waals surface area contributed by atoms with E-state index in [1.54, 1.807) is 18.2 Å². The summed E-state index contributed by atoms with van der Waals surface area (Å²) in [6.45, 7) is 4.26. The number of benzene rings is 2. The predicted octanol–water partition coefficient (Wildman–Crippen LogP) is 3.58. The number of ketones is 2. The zero-order valence-corrected chi connectivity index (χ0v) is 17.3. The number of carbonyl (C=O) groups is 2. The Bertz CT molecular complexity index is 1200. The number of hydrogen-bond acceptors (Lipinski definition) is 5. The van der Waals surface area contributed by atoms with E-state index in [2.05, 4.69) is 11.6 Å². The number of fused-ring (bicyclic) bond motifs is 1. The molecule has 1 saturated carbocycles. The lowest BCUT2D eigenvalue weighted by atomic mass is 9.90. The lowest BCUT2D eigenvalue weighted by Gasteiger charge is -2.24. The zero-order valence-electron chi connectivity index (χ0n) is 17.3. The lowest BCUT2D eigenvalue weighted by molar-refractivity contribution is -0.123. The van der Waals surface area contributed by atoms with Gasteiger partial charge in [-0.25, -0.2) is 4.98 Å². The van der Waals surface area contributed by atoms with E-state index in [0.29, 0.717) is 30.4 Å². The minimum absolute atomic E-state index is 0.00463. The van der Waals surface area contributed by atoms with E-state index in [1.165, 1.54) is 10.9 Å². The van der Waals surface area contributed by atoms with Crippen LogP contribution in [-0.2, 0) is 27.4 Å². The van der Waals surface area contributed by atoms with Crippen molar-refractivity contribution in [2.24, 2.45) is 0 Å². The van der Waals surface area contributed by atoms with Crippen LogP contribution in [0.25, 0.3) is 10.9 Å². The highest BCUT2D eigenvalue weighted by molar-refractivity contribution is 5.87. The monoisotopic (exact) mass is 416 g/mol. The number of aromatic nitrogens is 2. The van der Waals surface area contributed by atoms with Crippen molar-refractivity contribution in [1.82, 2.24) is 9.55 Å². The Morgan fingerprint density at radius 3 is 2.71 bits per heavy atom. The highest BCUT2D eigenvalue weighted by Crippen LogP contribution is 2.27. The molecular weight excluding hydrogens is 392 g/mol. The summed E-state index contributed by atoms with van der Waals surface area (Å²) in [6, 6.07) is 14.4. The summed E-state index contributed by atoms with van der Waals surface area (Å²) in [5.41, 5.74) is 2.92. The first-order valence-electron chi connectivity index (χ1n) is 10.3. The molecule has 6 nitrogen and oxygen atoms in total. The summed E-state index contributed by atoms with van der Waals surface area (Å²) in [6.07, 6.45) is 3.19. The summed E-state index contributed by atoms with van der Waals surface area (Å²) >= 11 is 0. The average Bonchev–Trinajstić information content (AvgIpc) is 2.76. The van der Waals surface area contributed by atoms with Crippen LogP contribution in [0.4, 0.5) is 0 Å². The molecule has 1 atom stereocenters. The lowest BCUT2D eigenvalue weighted by Crippen LogP contribution is -2.32. The molecule has 0 N–H and O–H groups in total. The zero-order chi connectivity index (χ0) is 21.8. The van der Waals surface area contributed by atoms with E-state index < -0.39 is 6.04 Å². The molecule has 3 aromatic rings. The standard InChI is InChI=1S/C25H24N2O4/c1-17-7-10-23(24(29)11-17)27-16-26-22-9-8-19(13-21(22)25(27)30)12-20(28)15-31-14-18-5-3-2-4-6-18/h2-6,8-9,13,16,23H,1,7,10-12,14-15H2. The van der Waals surface area contributed by atoms with Gasteiger partial charge in [-0.15, -0.1) is 0 Å². The maximum absolute atomic E-state index is 13.1. The van der Waals surface area contributed by atoms with Crippen molar-refractivity contribution in [1.29, 1.82) is 0 Å². The molecule has 0 bridgehead atoms. The number of rotatable bonds is 7. The summed E-state index contributed by atoms with van der Waals surface area (Å²) in [7, 11) is 0. The van der Waals surface area contributed by atoms with Crippen LogP contribution in [0.15, 0.2) is 71.8 Å². The van der Waals surface area contributed by atoms with Crippen molar-refractivity contribution >= 4 is 22.5 Å². The number of hydrogen-bond donors (Lipinski definition) is 0. The molecule has 2 aromatic carbocycles. The van der Waals surface area contributed by atoms with Gasteiger partial charge in [0, 0.05) is 12.8 Å². The molecule has 31 heavy (non-hydrogen) atoms. The molecule has 6 heteroatoms. The first-order chi connectivity index (χ1) is 15.0. The van der Waals surface area contributed by atoms with Gasteiger partial charge in [0.2, 0.25) is 0 Å². The Balaban J connectivity index is 1.47. The largest absolute Gasteiger partial charge is 0.369 e. The summed E-state index contributed by atoms with van der Waals surface area (Å²) in [5.74, 6) is -0.0816. The van der Waals surface area contributed by atoms with Gasteiger partial charge in [0.25, 0.3) is 5.56 Å². The maximum atomic E-state index is 13.1. The molecule has 158 valence electrons. The molecule has 1 unspecified atom stereocenters. The second-order valence-corrected chi connectivity index (χ2v) is 7.95. The topological polar surface area (TPSA) is 78.3 Å². The normalized spacial score (nSPS) is 16.6. The molecule has 0 aliphatic heterocycles. The van der Waals surface area contributed by atoms with Crippen LogP contribution in [0.3, 0.4) is 0 Å². The van der Waals surface area contributed by atoms with E-state index >= 15 is 0 Å². The smallest absolute Gasteiger partial charge is 0.261 e. The third kappa shape index (κ3) is 4.86. The number of ether oxygens (including phenoxy) is 1. The van der Waals surface area contributed by atoms with E-state index in [0.717, 1.165) is 23.1 Å². The fourth-order valence-electron chi connectivity index (χ4n) is 3.90. The number of nitrogens with zero attached hydrogens (tertiary/aromatic N) is 2. The van der Waals surface area contributed by atoms with Crippen LogP contribution in [0.2, 0.25) is 0 Å². The van der Waals surface area contributed by atoms with Gasteiger partial charge >= 0.3 is 0 Å². The average molecular weight is 416 g/mol. The minimum Gasteiger partial charge on any atom is -0.369 e. The molecule has 1 aromatic heterocycles. The second kappa shape index (κ2) is 9.18. The van der Waals surface area contributed by atoms with Crippen LogP contribution in [-0.4, -0.2) is 27.7 Å². The predicted molar refractivity (Wildman–Crippen MR) is 118 cm³/mol. The van der Waals surface area contributed by atoms with Crippen molar-refractivity contribution < 1.29 is 14.3 Å². The number of allylic oxidation sites excluding steroid dienone is 1. The molecule has 1 heterocycles. The summed E-state index contributed by atoms with van der Waals surface area (Å²) in [4.78, 5) is 42.1. The second-order valence-electron chi connectivity index (χ2n) is 7.95. The fraction of sp³-hybridized carbons (Fsp3) is 0.280. The van der Waals surface area contributed by atoms with Crippen molar-refractivity contribution in [2.75, 3.05) is 6.61 Å². The van der Waals surface area contributed by atoms with Crippen LogP contribution in [0.5, 0.6) is 0 Å². The van der Waals surface area contributed by atoms with Gasteiger partial charge < -0.3 is 4.74 Å². The van der Waals surface area contributed by atoms with Crippen LogP contribution in [0.1, 0.15) is 36.4 Å². The van der Waals surface area contributed by atoms with Crippen molar-refractivity contribution in [3.63, 3.8) is 0 Å². The number of Topliss-reactive ketones (excluding diaryl/α,β-unsaturated/α-hetero) is 2. The van der Waals surface area contributed by atoms with Gasteiger partial charge in [-0.2, -0.15) is 0 Å². The van der Waals surface area contributed by atoms with Gasteiger partial charge in [-0.1, -0.05) is 48.6 Å². The molecular formula is C25H24N2O4. The van der Waals surface area contributed by atoms with Gasteiger partial charge in [0.1, 0.15) is 6.61 Å². The van der Waals surface area contributed by atoms with Crippen molar-refractivity contribution in [2.45, 2.75) is 38.3 Å². The molecule has 0 saturated heterocycles. The third-order valence-electron chi connectivity index (χ3n) is 5.53.